The molecule has 1 aromatic carbocycles. The molecule has 168 valence electrons. The van der Waals surface area contributed by atoms with E-state index in [2.05, 4.69) is 20.9 Å². The van der Waals surface area contributed by atoms with Crippen LogP contribution in [0.2, 0.25) is 5.02 Å². The predicted octanol–water partition coefficient (Wildman–Crippen LogP) is 1.44. The Balaban J connectivity index is 1.81. The highest BCUT2D eigenvalue weighted by Crippen LogP contribution is 2.48. The normalized spacial score (nSPS) is 29.1. The number of aliphatic imine (C=N–C) groups is 1. The van der Waals surface area contributed by atoms with Crippen LogP contribution in [-0.4, -0.2) is 48.6 Å². The third-order valence-electron chi connectivity index (χ3n) is 5.80. The molecule has 3 rings (SSSR count). The zero-order valence-corrected chi connectivity index (χ0v) is 17.2. The Hall–Kier alpha value is -2.82. The average Bonchev–Trinajstić information content (AvgIpc) is 3.14. The monoisotopic (exact) mass is 459 g/mol. The van der Waals surface area contributed by atoms with Gasteiger partial charge in [0.25, 0.3) is 5.92 Å². The molecule has 0 spiro atoms. The number of alkyl halides is 2. The number of likely N-dealkylation sites (N-methyl/N-ethyl adjacent to an activating group) is 1. The van der Waals surface area contributed by atoms with E-state index in [0.717, 1.165) is 18.5 Å². The van der Waals surface area contributed by atoms with Gasteiger partial charge in [-0.05, 0) is 31.0 Å². The lowest BCUT2D eigenvalue weighted by atomic mass is 9.66. The number of nitrogens with zero attached hydrogens (tertiary/aromatic N) is 1. The zero-order chi connectivity index (χ0) is 23.0. The second-order valence-corrected chi connectivity index (χ2v) is 7.99. The van der Waals surface area contributed by atoms with Crippen molar-refractivity contribution in [3.63, 3.8) is 0 Å². The molecular weight excluding hydrogens is 439 g/mol. The maximum Gasteiger partial charge on any atom is 0.254 e. The third kappa shape index (κ3) is 4.06. The van der Waals surface area contributed by atoms with Gasteiger partial charge in [0.1, 0.15) is 5.82 Å². The van der Waals surface area contributed by atoms with Crippen molar-refractivity contribution in [2.45, 2.75) is 36.8 Å². The molecule has 0 saturated heterocycles. The van der Waals surface area contributed by atoms with Gasteiger partial charge in [-0.1, -0.05) is 11.6 Å². The number of amides is 3. The van der Waals surface area contributed by atoms with Crippen LogP contribution in [0.25, 0.3) is 0 Å². The lowest BCUT2D eigenvalue weighted by Gasteiger charge is -2.45. The van der Waals surface area contributed by atoms with E-state index in [1.807, 2.05) is 0 Å². The number of primary amides is 1. The summed E-state index contributed by atoms with van der Waals surface area (Å²) in [6.07, 6.45) is -0.118. The van der Waals surface area contributed by atoms with Crippen LogP contribution in [0, 0.1) is 17.7 Å². The molecule has 3 amide bonds. The molecule has 1 saturated carbocycles. The average molecular weight is 460 g/mol. The highest BCUT2D eigenvalue weighted by molar-refractivity contribution is 6.33. The van der Waals surface area contributed by atoms with Crippen LogP contribution in [0.3, 0.4) is 0 Å². The van der Waals surface area contributed by atoms with Crippen LogP contribution in [0.5, 0.6) is 0 Å². The van der Waals surface area contributed by atoms with Crippen molar-refractivity contribution in [3.05, 3.63) is 29.0 Å². The summed E-state index contributed by atoms with van der Waals surface area (Å²) in [5, 5.41) is 7.16. The van der Waals surface area contributed by atoms with E-state index in [1.165, 1.54) is 13.1 Å². The first kappa shape index (κ1) is 22.9. The number of halogens is 4. The highest BCUT2D eigenvalue weighted by atomic mass is 35.5. The molecular formula is C19H21ClF3N5O3. The lowest BCUT2D eigenvalue weighted by Crippen LogP contribution is -2.70. The number of carbonyl (C=O) groups excluding carboxylic acids is 3. The number of hydrogen-bond acceptors (Lipinski definition) is 5. The van der Waals surface area contributed by atoms with E-state index < -0.39 is 59.3 Å². The quantitative estimate of drug-likeness (QED) is 0.531. The van der Waals surface area contributed by atoms with Gasteiger partial charge in [0.2, 0.25) is 17.7 Å². The summed E-state index contributed by atoms with van der Waals surface area (Å²) in [5.74, 6) is -9.47. The van der Waals surface area contributed by atoms with Crippen LogP contribution in [0.1, 0.15) is 19.3 Å². The first-order chi connectivity index (χ1) is 14.5. The molecule has 2 unspecified atom stereocenters. The largest absolute Gasteiger partial charge is 0.368 e. The molecule has 0 bridgehead atoms. The smallest absolute Gasteiger partial charge is 0.254 e. The molecule has 1 aliphatic heterocycles. The Bertz CT molecular complexity index is 944. The van der Waals surface area contributed by atoms with Crippen molar-refractivity contribution in [1.29, 1.82) is 0 Å². The molecule has 1 fully saturated rings. The second kappa shape index (κ2) is 8.37. The highest BCUT2D eigenvalue weighted by Gasteiger charge is 2.64. The third-order valence-corrected chi connectivity index (χ3v) is 6.12. The fourth-order valence-corrected chi connectivity index (χ4v) is 4.47. The van der Waals surface area contributed by atoms with Crippen LogP contribution >= 0.6 is 11.6 Å². The van der Waals surface area contributed by atoms with Gasteiger partial charge in [0.05, 0.1) is 23.0 Å². The summed E-state index contributed by atoms with van der Waals surface area (Å²) in [7, 11) is 1.29. The van der Waals surface area contributed by atoms with E-state index in [1.54, 1.807) is 0 Å². The molecule has 1 aliphatic carbocycles. The SMILES string of the molecule is CNC(=O)C1N=CNC1(C(N)=O)[C@H]1CC[C@H](C(=O)Nc2ccc(F)cc2Cl)CC1(F)F. The molecule has 0 aromatic heterocycles. The van der Waals surface area contributed by atoms with Crippen molar-refractivity contribution in [2.24, 2.45) is 22.6 Å². The summed E-state index contributed by atoms with van der Waals surface area (Å²) in [6, 6.07) is 1.84. The first-order valence-corrected chi connectivity index (χ1v) is 9.85. The fourth-order valence-electron chi connectivity index (χ4n) is 4.26. The number of nitrogens with one attached hydrogen (secondary N) is 3. The predicted molar refractivity (Wildman–Crippen MR) is 107 cm³/mol. The van der Waals surface area contributed by atoms with Gasteiger partial charge in [0, 0.05) is 19.4 Å². The molecule has 12 heteroatoms. The number of hydrogen-bond donors (Lipinski definition) is 4. The van der Waals surface area contributed by atoms with Crippen molar-refractivity contribution in [2.75, 3.05) is 12.4 Å². The van der Waals surface area contributed by atoms with Gasteiger partial charge < -0.3 is 21.7 Å². The van der Waals surface area contributed by atoms with Crippen LogP contribution in [0.4, 0.5) is 18.9 Å². The summed E-state index contributed by atoms with van der Waals surface area (Å²) in [4.78, 5) is 40.9. The minimum atomic E-state index is -3.52. The zero-order valence-electron chi connectivity index (χ0n) is 16.4. The van der Waals surface area contributed by atoms with Gasteiger partial charge >= 0.3 is 0 Å². The molecule has 2 aliphatic rings. The number of rotatable bonds is 5. The van der Waals surface area contributed by atoms with Gasteiger partial charge in [-0.2, -0.15) is 0 Å². The van der Waals surface area contributed by atoms with Crippen LogP contribution < -0.4 is 21.7 Å². The van der Waals surface area contributed by atoms with Crippen LogP contribution in [0.15, 0.2) is 23.2 Å². The van der Waals surface area contributed by atoms with Gasteiger partial charge in [-0.15, -0.1) is 0 Å². The molecule has 5 N–H and O–H groups in total. The van der Waals surface area contributed by atoms with E-state index in [4.69, 9.17) is 17.3 Å². The molecule has 0 radical (unpaired) electrons. The second-order valence-electron chi connectivity index (χ2n) is 7.58. The van der Waals surface area contributed by atoms with Gasteiger partial charge in [0.15, 0.2) is 11.6 Å². The van der Waals surface area contributed by atoms with Crippen molar-refractivity contribution in [1.82, 2.24) is 10.6 Å². The Kier molecular flexibility index (Phi) is 6.17. The van der Waals surface area contributed by atoms with E-state index >= 15 is 8.78 Å². The topological polar surface area (TPSA) is 126 Å². The summed E-state index contributed by atoms with van der Waals surface area (Å²) < 4.78 is 43.7. The molecule has 1 heterocycles. The molecule has 31 heavy (non-hydrogen) atoms. The maximum absolute atomic E-state index is 15.3. The Labute approximate surface area is 180 Å². The summed E-state index contributed by atoms with van der Waals surface area (Å²) in [5.41, 5.74) is 3.45. The van der Waals surface area contributed by atoms with Crippen molar-refractivity contribution >= 4 is 41.3 Å². The maximum atomic E-state index is 15.3. The summed E-state index contributed by atoms with van der Waals surface area (Å²) >= 11 is 5.88. The number of carbonyl (C=O) groups is 3. The number of benzene rings is 1. The van der Waals surface area contributed by atoms with Gasteiger partial charge in [-0.25, -0.2) is 13.2 Å². The Morgan fingerprint density at radius 2 is 1.97 bits per heavy atom. The Morgan fingerprint density at radius 1 is 1.26 bits per heavy atom. The minimum absolute atomic E-state index is 0.00206. The molecule has 8 nitrogen and oxygen atoms in total. The van der Waals surface area contributed by atoms with Gasteiger partial charge in [-0.3, -0.25) is 19.4 Å². The van der Waals surface area contributed by atoms with Crippen LogP contribution in [-0.2, 0) is 14.4 Å². The first-order valence-electron chi connectivity index (χ1n) is 9.47. The fraction of sp³-hybridized carbons (Fsp3) is 0.474. The van der Waals surface area contributed by atoms with E-state index in [0.29, 0.717) is 0 Å². The lowest BCUT2D eigenvalue weighted by molar-refractivity contribution is -0.159. The number of anilines is 1. The minimum Gasteiger partial charge on any atom is -0.368 e. The van der Waals surface area contributed by atoms with Crippen molar-refractivity contribution < 1.29 is 27.6 Å². The number of nitrogens with two attached hydrogens (primary N) is 1. The molecule has 1 aromatic rings. The summed E-state index contributed by atoms with van der Waals surface area (Å²) in [6.45, 7) is 0. The standard InChI is InChI=1S/C19H21ClF3N5O3/c1-25-16(30)14-19(17(24)31,27-8-26-14)13-5-2-9(7-18(13,22)23)15(29)28-12-4-3-10(21)6-11(12)20/h3-4,6,8-9,13-14H,2,5,7H2,1H3,(H2,24,31)(H,25,30)(H,26,27)(H,28,29)/t9-,13-,14?,19?/m0/s1. The van der Waals surface area contributed by atoms with E-state index in [-0.39, 0.29) is 23.6 Å². The Morgan fingerprint density at radius 3 is 2.55 bits per heavy atom. The van der Waals surface area contributed by atoms with E-state index in [9.17, 15) is 18.8 Å². The van der Waals surface area contributed by atoms with Crippen molar-refractivity contribution in [3.8, 4) is 0 Å². The molecule has 4 atom stereocenters.